The van der Waals surface area contributed by atoms with Crippen molar-refractivity contribution in [3.05, 3.63) is 0 Å². The molecular weight excluding hydrogens is 770 g/mol. The summed E-state index contributed by atoms with van der Waals surface area (Å²) in [5, 5.41) is 0. The van der Waals surface area contributed by atoms with E-state index in [-0.39, 0.29) is 97.6 Å². The van der Waals surface area contributed by atoms with Crippen LogP contribution in [-0.2, 0) is 102 Å². The second-order valence-electron chi connectivity index (χ2n) is 1.91. The summed E-state index contributed by atoms with van der Waals surface area (Å²) in [6.45, 7) is 4.23. The van der Waals surface area contributed by atoms with Crippen LogP contribution in [-0.4, -0.2) is 17.9 Å². The Labute approximate surface area is 139 Å². The molecule has 0 aliphatic carbocycles. The van der Waals surface area contributed by atoms with Gasteiger partial charge in [0.25, 0.3) is 0 Å². The van der Waals surface area contributed by atoms with Gasteiger partial charge in [0.05, 0.1) is 0 Å². The van der Waals surface area contributed by atoms with E-state index in [1.807, 2.05) is 0 Å². The average Bonchev–Trinajstić information content (AvgIpc) is 2.19. The van der Waals surface area contributed by atoms with E-state index < -0.39 is 0 Å². The van der Waals surface area contributed by atoms with E-state index in [0.717, 1.165) is 0 Å². The third-order valence-electron chi connectivity index (χ3n) is 0.610. The Morgan fingerprint density at radius 2 is 0.733 bits per heavy atom. The monoisotopic (exact) mass is 783 g/mol. The number of carbonyl (C=O) groups excluding carboxylic acids is 3. The molecule has 0 saturated carbocycles. The van der Waals surface area contributed by atoms with Crippen molar-refractivity contribution in [1.82, 2.24) is 0 Å². The van der Waals surface area contributed by atoms with Gasteiger partial charge in [-0.25, -0.2) is 0 Å². The molecule has 0 bridgehead atoms. The van der Waals surface area contributed by atoms with Gasteiger partial charge in [0.15, 0.2) is 0 Å². The number of rotatable bonds is 0. The molecule has 0 unspecified atom stereocenters. The molecule has 0 rings (SSSR count). The molecule has 6 nitrogen and oxygen atoms in total. The number of hydrogen-bond acceptors (Lipinski definition) is 6. The van der Waals surface area contributed by atoms with E-state index in [4.69, 9.17) is 0 Å². The first-order valence-electron chi connectivity index (χ1n) is 3.59. The Morgan fingerprint density at radius 3 is 0.733 bits per heavy atom. The Hall–Kier alpha value is 1.22. The third kappa shape index (κ3) is 51.0. The Morgan fingerprint density at radius 1 is 0.667 bits per heavy atom. The first-order valence-corrected chi connectivity index (χ1v) is 10.3. The summed E-state index contributed by atoms with van der Waals surface area (Å²) in [4.78, 5) is 28.9. The van der Waals surface area contributed by atoms with Crippen LogP contribution >= 0.6 is 0 Å². The second kappa shape index (κ2) is 17.6. The van der Waals surface area contributed by atoms with Crippen LogP contribution in [0.25, 0.3) is 0 Å². The molecule has 9 heteroatoms. The predicted octanol–water partition coefficient (Wildman–Crippen LogP) is 0.0339. The summed E-state index contributed by atoms with van der Waals surface area (Å²) in [5.74, 6) is -0.477. The SMILES string of the molecule is CC(=O)[O][Hg].CC(=O)[O][Hg].CC(=O)[O][Hg]. The van der Waals surface area contributed by atoms with Gasteiger partial charge in [0.2, 0.25) is 0 Å². The van der Waals surface area contributed by atoms with Crippen LogP contribution in [0.4, 0.5) is 0 Å². The summed E-state index contributed by atoms with van der Waals surface area (Å²) in [6.07, 6.45) is 0. The maximum absolute atomic E-state index is 9.64. The van der Waals surface area contributed by atoms with Crippen LogP contribution in [0.15, 0.2) is 0 Å². The van der Waals surface area contributed by atoms with Crippen molar-refractivity contribution in [3.8, 4) is 0 Å². The van der Waals surface area contributed by atoms with E-state index >= 15 is 0 Å². The van der Waals surface area contributed by atoms with E-state index in [2.05, 4.69) is 7.93 Å². The summed E-state index contributed by atoms with van der Waals surface area (Å²) in [5.41, 5.74) is 0. The summed E-state index contributed by atoms with van der Waals surface area (Å²) >= 11 is 0.581. The van der Waals surface area contributed by atoms with Gasteiger partial charge in [-0.15, -0.1) is 0 Å². The molecule has 0 atom stereocenters. The Bertz CT molecular complexity index is 162. The van der Waals surface area contributed by atoms with Crippen LogP contribution in [0, 0.1) is 0 Å². The van der Waals surface area contributed by atoms with Crippen molar-refractivity contribution in [2.75, 3.05) is 0 Å². The first-order chi connectivity index (χ1) is 6.81. The van der Waals surface area contributed by atoms with Gasteiger partial charge >= 0.3 is 141 Å². The van der Waals surface area contributed by atoms with E-state index in [1.165, 1.54) is 20.8 Å². The minimum atomic E-state index is -0.159. The molecule has 0 saturated heterocycles. The molecule has 0 heterocycles. The van der Waals surface area contributed by atoms with Crippen molar-refractivity contribution >= 4 is 17.9 Å². The van der Waals surface area contributed by atoms with Gasteiger partial charge in [0.1, 0.15) is 0 Å². The van der Waals surface area contributed by atoms with E-state index in [9.17, 15) is 14.4 Å². The zero-order chi connectivity index (χ0) is 12.9. The fraction of sp³-hybridized carbons (Fsp3) is 0.500. The zero-order valence-electron chi connectivity index (χ0n) is 9.07. The van der Waals surface area contributed by atoms with Gasteiger partial charge < -0.3 is 0 Å². The first kappa shape index (κ1) is 21.5. The molecule has 0 aromatic rings. The van der Waals surface area contributed by atoms with Crippen molar-refractivity contribution in [1.29, 1.82) is 0 Å². The standard InChI is InChI=1S/3C2H4O2.3Hg/c3*1-2(3)4;;;/h3*1H3,(H,3,4);;;/q;;;3*+1/p-3. The van der Waals surface area contributed by atoms with Gasteiger partial charge in [-0.2, -0.15) is 0 Å². The fourth-order valence-electron chi connectivity index (χ4n) is 0. The van der Waals surface area contributed by atoms with Gasteiger partial charge in [-0.3, -0.25) is 0 Å². The molecule has 15 heavy (non-hydrogen) atoms. The van der Waals surface area contributed by atoms with Gasteiger partial charge in [-0.1, -0.05) is 0 Å². The molecule has 0 amide bonds. The van der Waals surface area contributed by atoms with Crippen LogP contribution in [0.2, 0.25) is 0 Å². The maximum atomic E-state index is 9.64. The van der Waals surface area contributed by atoms with Crippen LogP contribution < -0.4 is 0 Å². The summed E-state index contributed by atoms with van der Waals surface area (Å²) in [6, 6.07) is 0. The molecule has 0 aliphatic rings. The predicted molar refractivity (Wildman–Crippen MR) is 35.3 cm³/mol. The second-order valence-corrected chi connectivity index (χ2v) is 5.27. The quantitative estimate of drug-likeness (QED) is 0.324. The molecule has 0 radical (unpaired) electrons. The average molecular weight is 779 g/mol. The van der Waals surface area contributed by atoms with E-state index in [1.54, 1.807) is 0 Å². The molecule has 0 aromatic heterocycles. The molecule has 0 fully saturated rings. The van der Waals surface area contributed by atoms with Crippen LogP contribution in [0.5, 0.6) is 0 Å². The molecule has 0 spiro atoms. The Kier molecular flexibility index (Phi) is 25.2. The summed E-state index contributed by atoms with van der Waals surface area (Å²) in [7, 11) is 0. The zero-order valence-corrected chi connectivity index (χ0v) is 25.6. The van der Waals surface area contributed by atoms with Crippen LogP contribution in [0.1, 0.15) is 20.8 Å². The van der Waals surface area contributed by atoms with Gasteiger partial charge in [0, 0.05) is 0 Å². The van der Waals surface area contributed by atoms with Crippen molar-refractivity contribution < 1.29 is 102 Å². The van der Waals surface area contributed by atoms with Gasteiger partial charge in [-0.05, 0) is 0 Å². The van der Waals surface area contributed by atoms with Crippen molar-refractivity contribution in [3.63, 3.8) is 0 Å². The normalized spacial score (nSPS) is 7.00. The minimum absolute atomic E-state index is 0.159. The molecule has 75 valence electrons. The Balaban J connectivity index is -0.000000144. The van der Waals surface area contributed by atoms with E-state index in [0.29, 0.717) is 0 Å². The summed E-state index contributed by atoms with van der Waals surface area (Å²) < 4.78 is 12.9. The topological polar surface area (TPSA) is 78.9 Å². The van der Waals surface area contributed by atoms with Crippen molar-refractivity contribution in [2.45, 2.75) is 20.8 Å². The molecule has 0 aliphatic heterocycles. The van der Waals surface area contributed by atoms with Crippen molar-refractivity contribution in [2.24, 2.45) is 0 Å². The molecule has 0 N–H and O–H groups in total. The third-order valence-corrected chi connectivity index (χ3v) is 5.35. The molecular formula is C6H9Hg3O6. The molecule has 0 aromatic carbocycles. The van der Waals surface area contributed by atoms with Crippen LogP contribution in [0.3, 0.4) is 0 Å². The number of hydrogen-bond donors (Lipinski definition) is 0. The number of carbonyl (C=O) groups is 3. The fourth-order valence-corrected chi connectivity index (χ4v) is 0.